The smallest absolute Gasteiger partial charge is 0.134 e. The number of nitrogens with one attached hydrogen (secondary N) is 1. The van der Waals surface area contributed by atoms with E-state index >= 15 is 0 Å². The number of hydrogen-bond donors (Lipinski definition) is 1. The van der Waals surface area contributed by atoms with Gasteiger partial charge >= 0.3 is 0 Å². The van der Waals surface area contributed by atoms with Crippen LogP contribution >= 0.6 is 0 Å². The molecule has 3 atom stereocenters. The summed E-state index contributed by atoms with van der Waals surface area (Å²) in [6.45, 7) is 13.8. The summed E-state index contributed by atoms with van der Waals surface area (Å²) < 4.78 is 5.41. The number of rotatable bonds is 5. The van der Waals surface area contributed by atoms with E-state index in [1.807, 2.05) is 0 Å². The normalized spacial score (nSPS) is 27.0. The van der Waals surface area contributed by atoms with Crippen molar-refractivity contribution < 1.29 is 4.74 Å². The maximum Gasteiger partial charge on any atom is 0.134 e. The first kappa shape index (κ1) is 17.4. The molecule has 3 rings (SSSR count). The SMILES string of the molecule is CC1CC(C)CN(CC(C)Nc2cc(N3CCOCC3)ncn2)C1. The Balaban J connectivity index is 1.55. The monoisotopic (exact) mass is 333 g/mol. The number of anilines is 2. The molecule has 6 nitrogen and oxygen atoms in total. The van der Waals surface area contributed by atoms with Gasteiger partial charge in [0.25, 0.3) is 0 Å². The minimum atomic E-state index is 0.370. The molecule has 3 heterocycles. The lowest BCUT2D eigenvalue weighted by Crippen LogP contribution is -2.43. The van der Waals surface area contributed by atoms with Crippen LogP contribution in [0.15, 0.2) is 12.4 Å². The number of piperidine rings is 1. The average molecular weight is 333 g/mol. The molecule has 0 aromatic carbocycles. The van der Waals surface area contributed by atoms with Crippen LogP contribution in [0.4, 0.5) is 11.6 Å². The molecule has 0 aliphatic carbocycles. The fourth-order valence-corrected chi connectivity index (χ4v) is 4.02. The molecular formula is C18H31N5O. The molecule has 2 aliphatic rings. The second-order valence-electron chi connectivity index (χ2n) is 7.57. The Morgan fingerprint density at radius 2 is 1.92 bits per heavy atom. The summed E-state index contributed by atoms with van der Waals surface area (Å²) in [5, 5.41) is 3.55. The van der Waals surface area contributed by atoms with Crippen LogP contribution in [-0.2, 0) is 4.74 Å². The lowest BCUT2D eigenvalue weighted by atomic mass is 9.92. The third-order valence-corrected chi connectivity index (χ3v) is 4.86. The van der Waals surface area contributed by atoms with E-state index in [-0.39, 0.29) is 0 Å². The Labute approximate surface area is 145 Å². The molecule has 0 radical (unpaired) electrons. The van der Waals surface area contributed by atoms with Crippen LogP contribution in [0, 0.1) is 11.8 Å². The van der Waals surface area contributed by atoms with E-state index in [2.05, 4.69) is 51.9 Å². The topological polar surface area (TPSA) is 53.5 Å². The van der Waals surface area contributed by atoms with E-state index in [9.17, 15) is 0 Å². The van der Waals surface area contributed by atoms with Gasteiger partial charge in [0.1, 0.15) is 18.0 Å². The highest BCUT2D eigenvalue weighted by atomic mass is 16.5. The highest BCUT2D eigenvalue weighted by Gasteiger charge is 2.23. The fraction of sp³-hybridized carbons (Fsp3) is 0.778. The number of morpholine rings is 1. The van der Waals surface area contributed by atoms with Gasteiger partial charge in [-0.15, -0.1) is 0 Å². The van der Waals surface area contributed by atoms with Crippen molar-refractivity contribution in [1.29, 1.82) is 0 Å². The molecule has 0 saturated carbocycles. The van der Waals surface area contributed by atoms with Crippen molar-refractivity contribution >= 4 is 11.6 Å². The summed E-state index contributed by atoms with van der Waals surface area (Å²) in [6, 6.07) is 2.43. The summed E-state index contributed by atoms with van der Waals surface area (Å²) in [7, 11) is 0. The van der Waals surface area contributed by atoms with Crippen molar-refractivity contribution in [1.82, 2.24) is 14.9 Å². The molecule has 2 aliphatic heterocycles. The van der Waals surface area contributed by atoms with Crippen LogP contribution in [-0.4, -0.2) is 66.8 Å². The second-order valence-corrected chi connectivity index (χ2v) is 7.57. The standard InChI is InChI=1S/C18H31N5O/c1-14-8-15(2)11-22(10-14)12-16(3)21-17-9-18(20-13-19-17)23-4-6-24-7-5-23/h9,13-16H,4-8,10-12H2,1-3H3,(H,19,20,21). The molecule has 3 unspecified atom stereocenters. The van der Waals surface area contributed by atoms with Crippen LogP contribution in [0.5, 0.6) is 0 Å². The second kappa shape index (κ2) is 8.12. The minimum Gasteiger partial charge on any atom is -0.378 e. The molecule has 6 heteroatoms. The molecule has 1 aromatic heterocycles. The van der Waals surface area contributed by atoms with Gasteiger partial charge in [-0.25, -0.2) is 9.97 Å². The van der Waals surface area contributed by atoms with Crippen LogP contribution in [0.3, 0.4) is 0 Å². The Morgan fingerprint density at radius 3 is 2.62 bits per heavy atom. The Hall–Kier alpha value is -1.40. The molecular weight excluding hydrogens is 302 g/mol. The molecule has 134 valence electrons. The largest absolute Gasteiger partial charge is 0.378 e. The zero-order chi connectivity index (χ0) is 16.9. The summed E-state index contributed by atoms with van der Waals surface area (Å²) in [5.41, 5.74) is 0. The van der Waals surface area contributed by atoms with Gasteiger partial charge in [0.15, 0.2) is 0 Å². The first-order valence-corrected chi connectivity index (χ1v) is 9.24. The lowest BCUT2D eigenvalue weighted by Gasteiger charge is -2.36. The van der Waals surface area contributed by atoms with E-state index in [1.165, 1.54) is 19.5 Å². The summed E-state index contributed by atoms with van der Waals surface area (Å²) in [5.74, 6) is 3.50. The van der Waals surface area contributed by atoms with Crippen LogP contribution in [0.1, 0.15) is 27.2 Å². The van der Waals surface area contributed by atoms with Gasteiger partial charge in [-0.05, 0) is 25.2 Å². The minimum absolute atomic E-state index is 0.370. The van der Waals surface area contributed by atoms with Crippen molar-refractivity contribution in [3.63, 3.8) is 0 Å². The fourth-order valence-electron chi connectivity index (χ4n) is 4.02. The zero-order valence-electron chi connectivity index (χ0n) is 15.2. The lowest BCUT2D eigenvalue weighted by molar-refractivity contribution is 0.122. The number of ether oxygens (including phenoxy) is 1. The highest BCUT2D eigenvalue weighted by Crippen LogP contribution is 2.21. The van der Waals surface area contributed by atoms with E-state index in [4.69, 9.17) is 4.74 Å². The first-order valence-electron chi connectivity index (χ1n) is 9.24. The molecule has 1 N–H and O–H groups in total. The van der Waals surface area contributed by atoms with Crippen LogP contribution < -0.4 is 10.2 Å². The quantitative estimate of drug-likeness (QED) is 0.890. The summed E-state index contributed by atoms with van der Waals surface area (Å²) >= 11 is 0. The first-order chi connectivity index (χ1) is 11.6. The van der Waals surface area contributed by atoms with Crippen molar-refractivity contribution in [3.05, 3.63) is 12.4 Å². The molecule has 24 heavy (non-hydrogen) atoms. The predicted octanol–water partition coefficient (Wildman–Crippen LogP) is 2.09. The van der Waals surface area contributed by atoms with Gasteiger partial charge in [-0.1, -0.05) is 13.8 Å². The van der Waals surface area contributed by atoms with Gasteiger partial charge < -0.3 is 19.9 Å². The van der Waals surface area contributed by atoms with Crippen molar-refractivity contribution in [2.75, 3.05) is 56.2 Å². The molecule has 2 saturated heterocycles. The number of hydrogen-bond acceptors (Lipinski definition) is 6. The number of nitrogens with zero attached hydrogens (tertiary/aromatic N) is 4. The van der Waals surface area contributed by atoms with Crippen molar-refractivity contribution in [2.45, 2.75) is 33.2 Å². The molecule has 0 spiro atoms. The molecule has 1 aromatic rings. The van der Waals surface area contributed by atoms with E-state index in [1.54, 1.807) is 6.33 Å². The predicted molar refractivity (Wildman–Crippen MR) is 97.5 cm³/mol. The van der Waals surface area contributed by atoms with E-state index in [0.717, 1.165) is 56.3 Å². The maximum atomic E-state index is 5.41. The molecule has 2 fully saturated rings. The van der Waals surface area contributed by atoms with Gasteiger partial charge in [-0.3, -0.25) is 0 Å². The van der Waals surface area contributed by atoms with E-state index < -0.39 is 0 Å². The van der Waals surface area contributed by atoms with Crippen molar-refractivity contribution in [2.24, 2.45) is 11.8 Å². The van der Waals surface area contributed by atoms with Crippen molar-refractivity contribution in [3.8, 4) is 0 Å². The average Bonchev–Trinajstić information content (AvgIpc) is 2.55. The number of aromatic nitrogens is 2. The van der Waals surface area contributed by atoms with E-state index in [0.29, 0.717) is 6.04 Å². The van der Waals surface area contributed by atoms with Crippen LogP contribution in [0.25, 0.3) is 0 Å². The van der Waals surface area contributed by atoms with Gasteiger partial charge in [0.05, 0.1) is 13.2 Å². The Morgan fingerprint density at radius 1 is 1.21 bits per heavy atom. The zero-order valence-corrected chi connectivity index (χ0v) is 15.2. The Kier molecular flexibility index (Phi) is 5.89. The summed E-state index contributed by atoms with van der Waals surface area (Å²) in [4.78, 5) is 13.7. The summed E-state index contributed by atoms with van der Waals surface area (Å²) in [6.07, 6.45) is 3.01. The molecule has 0 amide bonds. The molecule has 0 bridgehead atoms. The maximum absolute atomic E-state index is 5.41. The highest BCUT2D eigenvalue weighted by molar-refractivity contribution is 5.49. The third-order valence-electron chi connectivity index (χ3n) is 4.86. The number of likely N-dealkylation sites (tertiary alicyclic amines) is 1. The Bertz CT molecular complexity index is 510. The van der Waals surface area contributed by atoms with Gasteiger partial charge in [0.2, 0.25) is 0 Å². The van der Waals surface area contributed by atoms with Gasteiger partial charge in [-0.2, -0.15) is 0 Å². The third kappa shape index (κ3) is 4.80. The van der Waals surface area contributed by atoms with Crippen LogP contribution in [0.2, 0.25) is 0 Å². The van der Waals surface area contributed by atoms with Gasteiger partial charge in [0, 0.05) is 44.8 Å².